The van der Waals surface area contributed by atoms with Gasteiger partial charge in [-0.25, -0.2) is 0 Å². The minimum Gasteiger partial charge on any atom is -0.376 e. The molecule has 0 radical (unpaired) electrons. The highest BCUT2D eigenvalue weighted by Gasteiger charge is 2.30. The van der Waals surface area contributed by atoms with Gasteiger partial charge in [0, 0.05) is 11.5 Å². The average Bonchev–Trinajstić information content (AvgIpc) is 2.82. The first-order valence-electron chi connectivity index (χ1n) is 7.15. The Kier molecular flexibility index (Phi) is 5.22. The normalized spacial score (nSPS) is 20.8. The van der Waals surface area contributed by atoms with Crippen molar-refractivity contribution in [3.05, 3.63) is 21.9 Å². The van der Waals surface area contributed by atoms with Crippen LogP contribution in [0.1, 0.15) is 55.5 Å². The Morgan fingerprint density at radius 2 is 2.11 bits per heavy atom. The van der Waals surface area contributed by atoms with E-state index in [4.69, 9.17) is 10.5 Å². The summed E-state index contributed by atoms with van der Waals surface area (Å²) in [6.45, 7) is 4.99. The molecule has 2 N–H and O–H groups in total. The maximum atomic E-state index is 6.48. The lowest BCUT2D eigenvalue weighted by molar-refractivity contribution is -0.00988. The van der Waals surface area contributed by atoms with Gasteiger partial charge in [-0.2, -0.15) is 0 Å². The van der Waals surface area contributed by atoms with Gasteiger partial charge in [0.25, 0.3) is 0 Å². The largest absolute Gasteiger partial charge is 0.376 e. The lowest BCUT2D eigenvalue weighted by Crippen LogP contribution is -2.36. The third kappa shape index (κ3) is 3.14. The second kappa shape index (κ2) is 6.69. The minimum atomic E-state index is 0.0410. The highest BCUT2D eigenvalue weighted by Crippen LogP contribution is 2.35. The monoisotopic (exact) mass is 267 g/mol. The molecule has 2 nitrogen and oxygen atoms in total. The molecule has 0 bridgehead atoms. The van der Waals surface area contributed by atoms with Crippen molar-refractivity contribution in [2.24, 2.45) is 11.7 Å². The van der Waals surface area contributed by atoms with Gasteiger partial charge in [0.15, 0.2) is 0 Å². The van der Waals surface area contributed by atoms with Crippen LogP contribution in [0.3, 0.4) is 0 Å². The van der Waals surface area contributed by atoms with E-state index in [9.17, 15) is 0 Å². The van der Waals surface area contributed by atoms with Crippen LogP contribution in [0.2, 0.25) is 0 Å². The zero-order valence-electron chi connectivity index (χ0n) is 11.5. The van der Waals surface area contributed by atoms with E-state index in [2.05, 4.69) is 25.3 Å². The Morgan fingerprint density at radius 3 is 2.67 bits per heavy atom. The first-order chi connectivity index (χ1) is 8.74. The zero-order chi connectivity index (χ0) is 13.0. The molecular formula is C15H25NOS. The van der Waals surface area contributed by atoms with Crippen LogP contribution in [-0.2, 0) is 4.74 Å². The number of hydrogen-bond donors (Lipinski definition) is 1. The van der Waals surface area contributed by atoms with Crippen molar-refractivity contribution in [1.29, 1.82) is 0 Å². The zero-order valence-corrected chi connectivity index (χ0v) is 12.3. The van der Waals surface area contributed by atoms with Crippen LogP contribution >= 0.6 is 11.3 Å². The van der Waals surface area contributed by atoms with Gasteiger partial charge in [0.1, 0.15) is 0 Å². The van der Waals surface area contributed by atoms with E-state index in [1.165, 1.54) is 42.5 Å². The van der Waals surface area contributed by atoms with Crippen LogP contribution in [0.25, 0.3) is 0 Å². The molecule has 3 heteroatoms. The fourth-order valence-electron chi connectivity index (χ4n) is 3.11. The number of ether oxygens (including phenoxy) is 1. The number of nitrogens with two attached hydrogens (primary N) is 1. The summed E-state index contributed by atoms with van der Waals surface area (Å²) in [7, 11) is 0. The lowest BCUT2D eigenvalue weighted by atomic mass is 9.81. The molecule has 0 saturated heterocycles. The molecule has 0 spiro atoms. The summed E-state index contributed by atoms with van der Waals surface area (Å²) >= 11 is 1.78. The topological polar surface area (TPSA) is 35.2 Å². The third-order valence-corrected chi connectivity index (χ3v) is 4.95. The van der Waals surface area contributed by atoms with Gasteiger partial charge >= 0.3 is 0 Å². The van der Waals surface area contributed by atoms with Crippen molar-refractivity contribution in [1.82, 2.24) is 0 Å². The Bertz CT molecular complexity index is 357. The van der Waals surface area contributed by atoms with Crippen molar-refractivity contribution in [3.8, 4) is 0 Å². The molecule has 1 aliphatic carbocycles. The molecule has 1 aromatic heterocycles. The Morgan fingerprint density at radius 1 is 1.39 bits per heavy atom. The van der Waals surface area contributed by atoms with Crippen LogP contribution in [0.5, 0.6) is 0 Å². The van der Waals surface area contributed by atoms with Gasteiger partial charge in [-0.1, -0.05) is 19.3 Å². The Balaban J connectivity index is 2.10. The Labute approximate surface area is 115 Å². The van der Waals surface area contributed by atoms with Crippen molar-refractivity contribution in [2.75, 3.05) is 6.61 Å². The molecule has 1 heterocycles. The third-order valence-electron chi connectivity index (χ3n) is 4.09. The van der Waals surface area contributed by atoms with Gasteiger partial charge in [0.2, 0.25) is 0 Å². The maximum absolute atomic E-state index is 6.48. The van der Waals surface area contributed by atoms with Crippen molar-refractivity contribution in [2.45, 2.75) is 58.1 Å². The molecular weight excluding hydrogens is 242 g/mol. The summed E-state index contributed by atoms with van der Waals surface area (Å²) < 4.78 is 6.00. The summed E-state index contributed by atoms with van der Waals surface area (Å²) in [6, 6.07) is 2.21. The molecule has 18 heavy (non-hydrogen) atoms. The summed E-state index contributed by atoms with van der Waals surface area (Å²) in [5, 5.41) is 2.13. The van der Waals surface area contributed by atoms with Crippen LogP contribution in [-0.4, -0.2) is 12.7 Å². The number of aryl methyl sites for hydroxylation is 1. The fourth-order valence-corrected chi connectivity index (χ4v) is 3.86. The van der Waals surface area contributed by atoms with E-state index in [1.54, 1.807) is 11.3 Å². The molecule has 1 fully saturated rings. The van der Waals surface area contributed by atoms with Crippen LogP contribution < -0.4 is 5.73 Å². The molecule has 2 unspecified atom stereocenters. The van der Waals surface area contributed by atoms with E-state index in [0.29, 0.717) is 5.92 Å². The van der Waals surface area contributed by atoms with E-state index < -0.39 is 0 Å². The molecule has 102 valence electrons. The van der Waals surface area contributed by atoms with Crippen LogP contribution in [0, 0.1) is 12.8 Å². The highest BCUT2D eigenvalue weighted by molar-refractivity contribution is 7.10. The van der Waals surface area contributed by atoms with Crippen molar-refractivity contribution in [3.63, 3.8) is 0 Å². The average molecular weight is 267 g/mol. The van der Waals surface area contributed by atoms with E-state index in [0.717, 1.165) is 6.61 Å². The minimum absolute atomic E-state index is 0.0410. The molecule has 1 saturated carbocycles. The molecule has 0 amide bonds. The van der Waals surface area contributed by atoms with Gasteiger partial charge in [-0.05, 0) is 49.6 Å². The quantitative estimate of drug-likeness (QED) is 0.873. The highest BCUT2D eigenvalue weighted by atomic mass is 32.1. The van der Waals surface area contributed by atoms with E-state index in [-0.39, 0.29) is 12.1 Å². The standard InChI is InChI=1S/C15H25NOS/c1-3-17-15(12-7-5-4-6-8-12)14(16)13-9-10-18-11(13)2/h9-10,12,14-15H,3-8,16H2,1-2H3. The summed E-state index contributed by atoms with van der Waals surface area (Å²) in [5.41, 5.74) is 7.76. The van der Waals surface area contributed by atoms with Crippen LogP contribution in [0.4, 0.5) is 0 Å². The van der Waals surface area contributed by atoms with Gasteiger partial charge in [0.05, 0.1) is 12.1 Å². The van der Waals surface area contributed by atoms with E-state index in [1.807, 2.05) is 0 Å². The summed E-state index contributed by atoms with van der Waals surface area (Å²) in [4.78, 5) is 1.34. The predicted molar refractivity (Wildman–Crippen MR) is 78.0 cm³/mol. The van der Waals surface area contributed by atoms with Gasteiger partial charge in [-0.15, -0.1) is 11.3 Å². The second-order valence-electron chi connectivity index (χ2n) is 5.28. The van der Waals surface area contributed by atoms with Crippen LogP contribution in [0.15, 0.2) is 11.4 Å². The number of hydrogen-bond acceptors (Lipinski definition) is 3. The SMILES string of the molecule is CCOC(C1CCCCC1)C(N)c1ccsc1C. The second-order valence-corrected chi connectivity index (χ2v) is 6.40. The lowest BCUT2D eigenvalue weighted by Gasteiger charge is -2.34. The fraction of sp³-hybridized carbons (Fsp3) is 0.733. The molecule has 1 aromatic rings. The molecule has 2 rings (SSSR count). The van der Waals surface area contributed by atoms with Gasteiger partial charge < -0.3 is 10.5 Å². The summed E-state index contributed by atoms with van der Waals surface area (Å²) in [5.74, 6) is 0.646. The molecule has 0 aromatic carbocycles. The Hall–Kier alpha value is -0.380. The van der Waals surface area contributed by atoms with E-state index >= 15 is 0 Å². The number of thiophene rings is 1. The first kappa shape index (κ1) is 14.0. The number of rotatable bonds is 5. The first-order valence-corrected chi connectivity index (χ1v) is 8.03. The molecule has 2 atom stereocenters. The maximum Gasteiger partial charge on any atom is 0.0795 e. The van der Waals surface area contributed by atoms with Crippen molar-refractivity contribution >= 4 is 11.3 Å². The van der Waals surface area contributed by atoms with Gasteiger partial charge in [-0.3, -0.25) is 0 Å². The summed E-state index contributed by atoms with van der Waals surface area (Å²) in [6.07, 6.45) is 6.81. The van der Waals surface area contributed by atoms with Crippen molar-refractivity contribution < 1.29 is 4.74 Å². The molecule has 1 aliphatic rings. The smallest absolute Gasteiger partial charge is 0.0795 e. The predicted octanol–water partition coefficient (Wildman–Crippen LogP) is 4.04. The molecule has 0 aliphatic heterocycles.